The Hall–Kier alpha value is -0.830. The SMILES string of the molecule is CC1CC(C)CC(Oc2nccnc2Cl)C1. The standard InChI is InChI=1S/C12H17ClN2O/c1-8-5-9(2)7-10(6-8)16-12-11(13)14-3-4-15-12/h3-4,8-10H,5-7H2,1-2H3. The van der Waals surface area contributed by atoms with Crippen molar-refractivity contribution in [3.63, 3.8) is 0 Å². The first-order valence-corrected chi connectivity index (χ1v) is 6.16. The van der Waals surface area contributed by atoms with E-state index in [1.807, 2.05) is 0 Å². The van der Waals surface area contributed by atoms with Crippen LogP contribution in [-0.2, 0) is 0 Å². The van der Waals surface area contributed by atoms with Gasteiger partial charge >= 0.3 is 0 Å². The molecule has 0 saturated heterocycles. The van der Waals surface area contributed by atoms with Crippen LogP contribution in [0, 0.1) is 11.8 Å². The fourth-order valence-corrected chi connectivity index (χ4v) is 2.66. The molecule has 1 aromatic rings. The van der Waals surface area contributed by atoms with E-state index < -0.39 is 0 Å². The fraction of sp³-hybridized carbons (Fsp3) is 0.667. The Balaban J connectivity index is 2.02. The highest BCUT2D eigenvalue weighted by Gasteiger charge is 2.26. The smallest absolute Gasteiger partial charge is 0.252 e. The summed E-state index contributed by atoms with van der Waals surface area (Å²) in [6, 6.07) is 0. The zero-order valence-corrected chi connectivity index (χ0v) is 10.4. The molecule has 0 aromatic carbocycles. The van der Waals surface area contributed by atoms with Gasteiger partial charge in [0.15, 0.2) is 5.15 Å². The maximum absolute atomic E-state index is 5.92. The van der Waals surface area contributed by atoms with Gasteiger partial charge in [-0.25, -0.2) is 9.97 Å². The average molecular weight is 241 g/mol. The van der Waals surface area contributed by atoms with Crippen LogP contribution in [-0.4, -0.2) is 16.1 Å². The second-order valence-corrected chi connectivity index (χ2v) is 5.17. The van der Waals surface area contributed by atoms with Crippen LogP contribution in [0.2, 0.25) is 5.15 Å². The van der Waals surface area contributed by atoms with Gasteiger partial charge in [-0.15, -0.1) is 0 Å². The Morgan fingerprint density at radius 1 is 1.12 bits per heavy atom. The van der Waals surface area contributed by atoms with Crippen molar-refractivity contribution in [3.05, 3.63) is 17.5 Å². The van der Waals surface area contributed by atoms with E-state index in [-0.39, 0.29) is 6.10 Å². The highest BCUT2D eigenvalue weighted by Crippen LogP contribution is 2.31. The van der Waals surface area contributed by atoms with E-state index in [1.165, 1.54) is 6.42 Å². The lowest BCUT2D eigenvalue weighted by Gasteiger charge is -2.31. The van der Waals surface area contributed by atoms with Gasteiger partial charge in [-0.05, 0) is 31.1 Å². The maximum atomic E-state index is 5.92. The van der Waals surface area contributed by atoms with Gasteiger partial charge in [-0.3, -0.25) is 0 Å². The lowest BCUT2D eigenvalue weighted by molar-refractivity contribution is 0.0964. The number of ether oxygens (including phenoxy) is 1. The Morgan fingerprint density at radius 3 is 2.38 bits per heavy atom. The highest BCUT2D eigenvalue weighted by atomic mass is 35.5. The van der Waals surface area contributed by atoms with Crippen LogP contribution in [0.15, 0.2) is 12.4 Å². The van der Waals surface area contributed by atoms with Gasteiger partial charge in [0, 0.05) is 12.4 Å². The quantitative estimate of drug-likeness (QED) is 0.795. The topological polar surface area (TPSA) is 35.0 Å². The minimum Gasteiger partial charge on any atom is -0.472 e. The molecule has 4 heteroatoms. The van der Waals surface area contributed by atoms with Gasteiger partial charge in [0.25, 0.3) is 5.88 Å². The van der Waals surface area contributed by atoms with Crippen LogP contribution in [0.5, 0.6) is 5.88 Å². The van der Waals surface area contributed by atoms with E-state index in [2.05, 4.69) is 23.8 Å². The number of rotatable bonds is 2. The second-order valence-electron chi connectivity index (χ2n) is 4.81. The molecule has 2 unspecified atom stereocenters. The van der Waals surface area contributed by atoms with Gasteiger partial charge in [0.2, 0.25) is 0 Å². The lowest BCUT2D eigenvalue weighted by Crippen LogP contribution is -2.28. The Morgan fingerprint density at radius 2 is 1.75 bits per heavy atom. The van der Waals surface area contributed by atoms with Gasteiger partial charge in [-0.2, -0.15) is 0 Å². The molecular formula is C12H17ClN2O. The maximum Gasteiger partial charge on any atom is 0.252 e. The van der Waals surface area contributed by atoms with Crippen molar-refractivity contribution in [2.24, 2.45) is 11.8 Å². The molecule has 0 spiro atoms. The zero-order valence-electron chi connectivity index (χ0n) is 9.69. The van der Waals surface area contributed by atoms with Crippen LogP contribution < -0.4 is 4.74 Å². The van der Waals surface area contributed by atoms with Crippen molar-refractivity contribution in [2.45, 2.75) is 39.2 Å². The van der Waals surface area contributed by atoms with Crippen molar-refractivity contribution in [3.8, 4) is 5.88 Å². The molecule has 0 N–H and O–H groups in total. The normalized spacial score (nSPS) is 30.1. The van der Waals surface area contributed by atoms with Gasteiger partial charge in [-0.1, -0.05) is 25.4 Å². The zero-order chi connectivity index (χ0) is 11.5. The van der Waals surface area contributed by atoms with Crippen LogP contribution in [0.3, 0.4) is 0 Å². The third-order valence-electron chi connectivity index (χ3n) is 3.04. The molecule has 3 nitrogen and oxygen atoms in total. The monoisotopic (exact) mass is 240 g/mol. The molecule has 1 heterocycles. The summed E-state index contributed by atoms with van der Waals surface area (Å²) >= 11 is 5.92. The summed E-state index contributed by atoms with van der Waals surface area (Å²) in [4.78, 5) is 8.07. The van der Waals surface area contributed by atoms with E-state index in [9.17, 15) is 0 Å². The summed E-state index contributed by atoms with van der Waals surface area (Å²) in [5.74, 6) is 1.89. The first kappa shape index (κ1) is 11.6. The predicted octanol–water partition coefficient (Wildman–Crippen LogP) is 3.33. The van der Waals surface area contributed by atoms with Crippen molar-refractivity contribution >= 4 is 11.6 Å². The van der Waals surface area contributed by atoms with E-state index in [0.717, 1.165) is 12.8 Å². The Bertz CT molecular complexity index is 349. The third-order valence-corrected chi connectivity index (χ3v) is 3.30. The van der Waals surface area contributed by atoms with E-state index in [4.69, 9.17) is 16.3 Å². The molecule has 1 fully saturated rings. The molecule has 2 atom stereocenters. The average Bonchev–Trinajstić information content (AvgIpc) is 2.20. The first-order chi connectivity index (χ1) is 7.65. The molecule has 2 rings (SSSR count). The molecule has 0 aliphatic heterocycles. The summed E-state index contributed by atoms with van der Waals surface area (Å²) in [5.41, 5.74) is 0. The van der Waals surface area contributed by atoms with Crippen LogP contribution in [0.25, 0.3) is 0 Å². The molecular weight excluding hydrogens is 224 g/mol. The molecule has 0 bridgehead atoms. The number of nitrogens with zero attached hydrogens (tertiary/aromatic N) is 2. The minimum absolute atomic E-state index is 0.230. The Labute approximate surface area is 101 Å². The molecule has 1 aliphatic rings. The summed E-state index contributed by atoms with van der Waals surface area (Å²) < 4.78 is 5.82. The van der Waals surface area contributed by atoms with Crippen molar-refractivity contribution < 1.29 is 4.74 Å². The largest absolute Gasteiger partial charge is 0.472 e. The molecule has 16 heavy (non-hydrogen) atoms. The van der Waals surface area contributed by atoms with Crippen LogP contribution >= 0.6 is 11.6 Å². The predicted molar refractivity (Wildman–Crippen MR) is 63.6 cm³/mol. The van der Waals surface area contributed by atoms with Crippen molar-refractivity contribution in [1.29, 1.82) is 0 Å². The van der Waals surface area contributed by atoms with Gasteiger partial charge in [0.1, 0.15) is 6.10 Å². The van der Waals surface area contributed by atoms with E-state index >= 15 is 0 Å². The summed E-state index contributed by atoms with van der Waals surface area (Å²) in [6.07, 6.45) is 6.86. The van der Waals surface area contributed by atoms with Gasteiger partial charge in [0.05, 0.1) is 0 Å². The van der Waals surface area contributed by atoms with E-state index in [1.54, 1.807) is 12.4 Å². The van der Waals surface area contributed by atoms with E-state index in [0.29, 0.717) is 22.9 Å². The number of halogens is 1. The summed E-state index contributed by atoms with van der Waals surface area (Å²) in [7, 11) is 0. The first-order valence-electron chi connectivity index (χ1n) is 5.78. The fourth-order valence-electron chi connectivity index (χ4n) is 2.51. The summed E-state index contributed by atoms with van der Waals surface area (Å²) in [6.45, 7) is 4.54. The van der Waals surface area contributed by atoms with Crippen molar-refractivity contribution in [2.75, 3.05) is 0 Å². The molecule has 1 aromatic heterocycles. The van der Waals surface area contributed by atoms with Crippen molar-refractivity contribution in [1.82, 2.24) is 9.97 Å². The Kier molecular flexibility index (Phi) is 3.64. The molecule has 88 valence electrons. The van der Waals surface area contributed by atoms with Crippen LogP contribution in [0.4, 0.5) is 0 Å². The number of hydrogen-bond acceptors (Lipinski definition) is 3. The number of hydrogen-bond donors (Lipinski definition) is 0. The number of aromatic nitrogens is 2. The summed E-state index contributed by atoms with van der Waals surface area (Å²) in [5, 5.41) is 0.355. The molecule has 1 saturated carbocycles. The third kappa shape index (κ3) is 2.85. The highest BCUT2D eigenvalue weighted by molar-refractivity contribution is 6.30. The molecule has 0 radical (unpaired) electrons. The second kappa shape index (κ2) is 5.00. The minimum atomic E-state index is 0.230. The van der Waals surface area contributed by atoms with Gasteiger partial charge < -0.3 is 4.74 Å². The van der Waals surface area contributed by atoms with Crippen LogP contribution in [0.1, 0.15) is 33.1 Å². The lowest BCUT2D eigenvalue weighted by atomic mass is 9.82. The molecule has 1 aliphatic carbocycles. The molecule has 0 amide bonds.